The van der Waals surface area contributed by atoms with Gasteiger partial charge in [0.2, 0.25) is 11.8 Å². The van der Waals surface area contributed by atoms with Gasteiger partial charge in [0, 0.05) is 40.5 Å². The molecule has 14 heteroatoms. The predicted octanol–water partition coefficient (Wildman–Crippen LogP) is 3.53. The first kappa shape index (κ1) is 37.2. The Kier molecular flexibility index (Phi) is 11.2. The number of alkyl carbamates (subject to hydrolysis) is 1. The number of nitrogens with one attached hydrogen (secondary N) is 1. The van der Waals surface area contributed by atoms with Gasteiger partial charge in [-0.05, 0) is 44.9 Å². The molecule has 0 aromatic heterocycles. The quantitative estimate of drug-likeness (QED) is 0.346. The fourth-order valence-electron chi connectivity index (χ4n) is 6.27. The zero-order chi connectivity index (χ0) is 35.7. The number of halogens is 1. The molecule has 4 bridgehead atoms. The zero-order valence-electron chi connectivity index (χ0n) is 28.9. The number of esters is 1. The van der Waals surface area contributed by atoms with Crippen LogP contribution in [0.25, 0.3) is 0 Å². The van der Waals surface area contributed by atoms with Crippen molar-refractivity contribution in [2.45, 2.75) is 95.7 Å². The molecule has 1 aromatic carbocycles. The number of carbonyl (C=O) groups is 4. The van der Waals surface area contributed by atoms with E-state index in [-0.39, 0.29) is 23.8 Å². The van der Waals surface area contributed by atoms with E-state index in [2.05, 4.69) is 5.32 Å². The van der Waals surface area contributed by atoms with Gasteiger partial charge < -0.3 is 38.6 Å². The number of hydrogen-bond acceptors (Lipinski definition) is 10. The lowest BCUT2D eigenvalue weighted by atomic mass is 9.83. The summed E-state index contributed by atoms with van der Waals surface area (Å²) in [7, 11) is 5.97. The van der Waals surface area contributed by atoms with Gasteiger partial charge in [-0.25, -0.2) is 9.59 Å². The first-order valence-corrected chi connectivity index (χ1v) is 16.2. The van der Waals surface area contributed by atoms with E-state index in [0.29, 0.717) is 17.9 Å². The highest BCUT2D eigenvalue weighted by Crippen LogP contribution is 2.49. The van der Waals surface area contributed by atoms with E-state index in [0.717, 1.165) is 11.1 Å². The van der Waals surface area contributed by atoms with Gasteiger partial charge in [0.25, 0.3) is 0 Å². The molecule has 2 fully saturated rings. The maximum atomic E-state index is 14.0. The van der Waals surface area contributed by atoms with Gasteiger partial charge in [0.05, 0.1) is 25.3 Å². The minimum atomic E-state index is -1.81. The Morgan fingerprint density at radius 3 is 2.56 bits per heavy atom. The summed E-state index contributed by atoms with van der Waals surface area (Å²) in [6, 6.07) is 2.63. The largest absolute Gasteiger partial charge is 0.495 e. The van der Waals surface area contributed by atoms with Crippen LogP contribution in [-0.4, -0.2) is 104 Å². The smallest absolute Gasteiger partial charge is 0.409 e. The van der Waals surface area contributed by atoms with Crippen LogP contribution in [0.2, 0.25) is 5.02 Å². The maximum absolute atomic E-state index is 14.0. The molecule has 0 unspecified atom stereocenters. The minimum Gasteiger partial charge on any atom is -0.495 e. The lowest BCUT2D eigenvalue weighted by Crippen LogP contribution is -2.63. The van der Waals surface area contributed by atoms with Crippen molar-refractivity contribution in [1.82, 2.24) is 10.2 Å². The Hall–Kier alpha value is -3.65. The van der Waals surface area contributed by atoms with Crippen LogP contribution >= 0.6 is 11.6 Å². The second-order valence-electron chi connectivity index (χ2n) is 13.0. The fourth-order valence-corrected chi connectivity index (χ4v) is 6.59. The molecule has 3 aliphatic rings. The lowest BCUT2D eigenvalue weighted by molar-refractivity contribution is -0.161. The monoisotopic (exact) mass is 691 g/mol. The number of epoxide rings is 1. The molecule has 3 heterocycles. The molecule has 0 aliphatic carbocycles. The Morgan fingerprint density at radius 2 is 1.94 bits per heavy atom. The number of carbonyl (C=O) groups excluding carboxylic acids is 4. The number of methoxy groups -OCH3 is 2. The van der Waals surface area contributed by atoms with Crippen molar-refractivity contribution >= 4 is 41.2 Å². The zero-order valence-corrected chi connectivity index (χ0v) is 29.6. The molecule has 1 aromatic rings. The van der Waals surface area contributed by atoms with E-state index < -0.39 is 65.7 Å². The number of benzene rings is 1. The van der Waals surface area contributed by atoms with Crippen molar-refractivity contribution in [1.29, 1.82) is 0 Å². The van der Waals surface area contributed by atoms with Crippen LogP contribution in [0.5, 0.6) is 5.75 Å². The van der Waals surface area contributed by atoms with Crippen molar-refractivity contribution in [3.05, 3.63) is 46.5 Å². The van der Waals surface area contributed by atoms with E-state index >= 15 is 0 Å². The third kappa shape index (κ3) is 7.64. The number of likely N-dealkylation sites (N-methyl/N-ethyl adjacent to an activating group) is 1. The van der Waals surface area contributed by atoms with Gasteiger partial charge in [-0.15, -0.1) is 0 Å². The van der Waals surface area contributed by atoms with Crippen molar-refractivity contribution in [3.63, 3.8) is 0 Å². The molecule has 264 valence electrons. The summed E-state index contributed by atoms with van der Waals surface area (Å²) in [5.41, 5.74) is -0.871. The first-order chi connectivity index (χ1) is 22.4. The number of aliphatic hydroxyl groups is 1. The van der Waals surface area contributed by atoms with Crippen LogP contribution in [0, 0.1) is 5.92 Å². The van der Waals surface area contributed by atoms with E-state index in [1.165, 1.54) is 44.9 Å². The average molecular weight is 692 g/mol. The van der Waals surface area contributed by atoms with Gasteiger partial charge >= 0.3 is 12.1 Å². The molecule has 3 aliphatic heterocycles. The molecule has 0 saturated carbocycles. The van der Waals surface area contributed by atoms with Crippen LogP contribution in [0.15, 0.2) is 35.9 Å². The highest BCUT2D eigenvalue weighted by Gasteiger charge is 2.64. The van der Waals surface area contributed by atoms with Crippen LogP contribution in [0.1, 0.15) is 53.0 Å². The summed E-state index contributed by atoms with van der Waals surface area (Å²) in [6.45, 7) is 8.29. The summed E-state index contributed by atoms with van der Waals surface area (Å²) in [5.74, 6) is -1.63. The van der Waals surface area contributed by atoms with E-state index in [9.17, 15) is 24.3 Å². The Balaban J connectivity index is 1.80. The van der Waals surface area contributed by atoms with Gasteiger partial charge in [0.1, 0.15) is 40.7 Å². The molecule has 0 spiro atoms. The Morgan fingerprint density at radius 1 is 1.25 bits per heavy atom. The van der Waals surface area contributed by atoms with Crippen molar-refractivity contribution in [3.8, 4) is 5.75 Å². The third-order valence-corrected chi connectivity index (χ3v) is 10.0. The molecule has 2 saturated heterocycles. The van der Waals surface area contributed by atoms with Gasteiger partial charge in [-0.1, -0.05) is 42.3 Å². The minimum absolute atomic E-state index is 0.0436. The SMILES string of the molecule is COc1cc2cc(c1Cl)N(C)C(=O)C[C@H](OC(=O)[C@H](C)N(C)C(C)=O)[C@]1(C)O[C@@H]1[C@@H](C)[C@@H]1C[C@@](O)(NC(=O)O1)[C@H](OC)/C=C/C=C(\C)C2. The van der Waals surface area contributed by atoms with Crippen LogP contribution in [0.4, 0.5) is 10.5 Å². The van der Waals surface area contributed by atoms with Crippen LogP contribution in [0.3, 0.4) is 0 Å². The number of ether oxygens (including phenoxy) is 5. The van der Waals surface area contributed by atoms with E-state index in [1.807, 2.05) is 13.0 Å². The highest BCUT2D eigenvalue weighted by molar-refractivity contribution is 6.35. The normalized spacial score (nSPS) is 33.2. The Bertz CT molecular complexity index is 1500. The molecule has 8 atom stereocenters. The summed E-state index contributed by atoms with van der Waals surface area (Å²) < 4.78 is 28.9. The fraction of sp³-hybridized carbons (Fsp3) is 0.588. The number of rotatable bonds is 5. The maximum Gasteiger partial charge on any atom is 0.409 e. The summed E-state index contributed by atoms with van der Waals surface area (Å²) in [5, 5.41) is 14.4. The van der Waals surface area contributed by atoms with Gasteiger partial charge in [-0.3, -0.25) is 14.9 Å². The number of anilines is 1. The van der Waals surface area contributed by atoms with E-state index in [1.54, 1.807) is 45.2 Å². The second kappa shape index (κ2) is 14.5. The summed E-state index contributed by atoms with van der Waals surface area (Å²) in [6.07, 6.45) is 1.02. The lowest BCUT2D eigenvalue weighted by Gasteiger charge is -2.42. The topological polar surface area (TPSA) is 156 Å². The molecular formula is C34H46ClN3O10. The number of allylic oxidation sites excluding steroid dienone is 3. The van der Waals surface area contributed by atoms with Crippen molar-refractivity contribution in [2.24, 2.45) is 5.92 Å². The molecular weight excluding hydrogens is 646 g/mol. The summed E-state index contributed by atoms with van der Waals surface area (Å²) in [4.78, 5) is 54.7. The second-order valence-corrected chi connectivity index (χ2v) is 13.4. The molecule has 0 radical (unpaired) electrons. The van der Waals surface area contributed by atoms with Gasteiger partial charge in [-0.2, -0.15) is 0 Å². The van der Waals surface area contributed by atoms with Crippen molar-refractivity contribution < 1.29 is 48.0 Å². The summed E-state index contributed by atoms with van der Waals surface area (Å²) >= 11 is 6.71. The van der Waals surface area contributed by atoms with E-state index in [4.69, 9.17) is 35.3 Å². The Labute approximate surface area is 286 Å². The average Bonchev–Trinajstić information content (AvgIpc) is 3.73. The highest BCUT2D eigenvalue weighted by atomic mass is 35.5. The molecule has 2 N–H and O–H groups in total. The molecule has 3 amide bonds. The standard InChI is InChI=1S/C34H46ClN3O10/c1-18-11-10-12-26(45-9)34(43)17-25(46-32(42)36-34)19(2)30-33(5,48-30)27(47-31(41)20(3)37(6)21(4)39)16-28(40)38(7)23-14-22(13-18)15-24(44-8)29(23)35/h10-12,14-15,19-20,25-27,30,43H,13,16-17H2,1-9H3,(H,36,42)/b12-10+,18-11+/t19-,20-,25-,26+,27-,30+,33-,34-/m0/s1. The number of nitrogens with zero attached hydrogens (tertiary/aromatic N) is 2. The number of amides is 3. The molecule has 13 nitrogen and oxygen atoms in total. The van der Waals surface area contributed by atoms with Crippen molar-refractivity contribution in [2.75, 3.05) is 33.2 Å². The first-order valence-electron chi connectivity index (χ1n) is 15.8. The number of fused-ring (bicyclic) bond motifs is 5. The molecule has 4 rings (SSSR count). The molecule has 48 heavy (non-hydrogen) atoms. The third-order valence-electron chi connectivity index (χ3n) is 9.63. The van der Waals surface area contributed by atoms with Crippen LogP contribution < -0.4 is 15.0 Å². The van der Waals surface area contributed by atoms with Gasteiger partial charge in [0.15, 0.2) is 5.72 Å². The van der Waals surface area contributed by atoms with Crippen LogP contribution in [-0.2, 0) is 39.8 Å². The predicted molar refractivity (Wildman–Crippen MR) is 177 cm³/mol. The number of hydrogen-bond donors (Lipinski definition) is 2.